The molecule has 1 heterocycles. The molecule has 134 valence electrons. The Hall–Kier alpha value is -2.63. The summed E-state index contributed by atoms with van der Waals surface area (Å²) in [6.07, 6.45) is 1.09. The number of nitrogens with zero attached hydrogens (tertiary/aromatic N) is 3. The summed E-state index contributed by atoms with van der Waals surface area (Å²) in [5.74, 6) is -0.423. The summed E-state index contributed by atoms with van der Waals surface area (Å²) in [7, 11) is 1.36. The Morgan fingerprint density at radius 3 is 2.68 bits per heavy atom. The first-order valence-corrected chi connectivity index (χ1v) is 8.01. The van der Waals surface area contributed by atoms with Gasteiger partial charge in [-0.25, -0.2) is 4.79 Å². The molecule has 1 fully saturated rings. The van der Waals surface area contributed by atoms with Crippen LogP contribution in [0, 0.1) is 11.3 Å². The molecule has 0 radical (unpaired) electrons. The van der Waals surface area contributed by atoms with Crippen LogP contribution in [0.15, 0.2) is 30.3 Å². The summed E-state index contributed by atoms with van der Waals surface area (Å²) < 4.78 is 5.27. The van der Waals surface area contributed by atoms with Crippen molar-refractivity contribution in [1.29, 1.82) is 5.26 Å². The zero-order valence-corrected chi connectivity index (χ0v) is 14.1. The Morgan fingerprint density at radius 2 is 2.08 bits per heavy atom. The molecule has 0 aliphatic carbocycles. The number of nitrogens with two attached hydrogens (primary N) is 1. The van der Waals surface area contributed by atoms with Crippen molar-refractivity contribution in [2.45, 2.75) is 31.5 Å². The van der Waals surface area contributed by atoms with Gasteiger partial charge in [0.25, 0.3) is 0 Å². The smallest absolute Gasteiger partial charge is 0.339 e. The predicted octanol–water partition coefficient (Wildman–Crippen LogP) is 1.03. The second-order valence-corrected chi connectivity index (χ2v) is 5.80. The predicted molar refractivity (Wildman–Crippen MR) is 88.7 cm³/mol. The van der Waals surface area contributed by atoms with Crippen LogP contribution in [0.5, 0.6) is 0 Å². The first-order valence-electron chi connectivity index (χ1n) is 8.01. The average Bonchev–Trinajstić information content (AvgIpc) is 2.61. The van der Waals surface area contributed by atoms with E-state index in [1.165, 1.54) is 7.11 Å². The lowest BCUT2D eigenvalue weighted by Crippen LogP contribution is -2.55. The van der Waals surface area contributed by atoms with Crippen LogP contribution in [-0.4, -0.2) is 54.2 Å². The number of carbonyl (C=O) groups is 2. The zero-order valence-electron chi connectivity index (χ0n) is 14.1. The van der Waals surface area contributed by atoms with Crippen LogP contribution >= 0.6 is 0 Å². The minimum absolute atomic E-state index is 0.0299. The maximum absolute atomic E-state index is 12.1. The molecule has 2 rings (SSSR count). The number of primary amides is 1. The van der Waals surface area contributed by atoms with Crippen LogP contribution in [0.4, 0.5) is 4.79 Å². The highest BCUT2D eigenvalue weighted by molar-refractivity contribution is 5.72. The molecule has 0 spiro atoms. The number of likely N-dealkylation sites (tertiary alicyclic amines) is 1. The number of benzene rings is 1. The van der Waals surface area contributed by atoms with Gasteiger partial charge in [0.2, 0.25) is 0 Å². The van der Waals surface area contributed by atoms with Crippen LogP contribution in [0.1, 0.15) is 18.4 Å². The minimum atomic E-state index is -0.700. The third-order valence-corrected chi connectivity index (χ3v) is 4.13. The van der Waals surface area contributed by atoms with Gasteiger partial charge >= 0.3 is 12.0 Å². The molecule has 0 saturated carbocycles. The Kier molecular flexibility index (Phi) is 6.74. The van der Waals surface area contributed by atoms with E-state index in [2.05, 4.69) is 6.07 Å². The van der Waals surface area contributed by atoms with Gasteiger partial charge in [0.15, 0.2) is 0 Å². The van der Waals surface area contributed by atoms with Gasteiger partial charge in [-0.15, -0.1) is 0 Å². The summed E-state index contributed by atoms with van der Waals surface area (Å²) in [4.78, 5) is 30.2. The molecule has 2 N–H and O–H groups in total. The number of piperidine rings is 1. The molecule has 25 heavy (non-hydrogen) atoms. The molecule has 8 nitrogen and oxygen atoms in total. The zero-order chi connectivity index (χ0) is 18.2. The molecule has 2 unspecified atom stereocenters. The molecule has 1 aliphatic rings. The number of urea groups is 1. The van der Waals surface area contributed by atoms with Crippen molar-refractivity contribution in [2.75, 3.05) is 20.2 Å². The van der Waals surface area contributed by atoms with Crippen molar-refractivity contribution in [2.24, 2.45) is 5.73 Å². The Morgan fingerprint density at radius 1 is 1.36 bits per heavy atom. The standard InChI is InChI=1S/C17H22N4O4/c1-24-21(17(19)23)15-8-7-14(9-18)20(10-15)11-16(22)25-12-13-5-3-2-4-6-13/h2-6,14-15H,7-8,10-12H2,1H3,(H2,19,23). The van der Waals surface area contributed by atoms with Gasteiger partial charge in [0, 0.05) is 6.54 Å². The molecule has 1 aromatic rings. The molecule has 1 saturated heterocycles. The molecule has 1 aliphatic heterocycles. The highest BCUT2D eigenvalue weighted by Crippen LogP contribution is 2.21. The van der Waals surface area contributed by atoms with E-state index in [1.807, 2.05) is 30.3 Å². The molecular formula is C17H22N4O4. The summed E-state index contributed by atoms with van der Waals surface area (Å²) in [5, 5.41) is 10.4. The quantitative estimate of drug-likeness (QED) is 0.609. The highest BCUT2D eigenvalue weighted by Gasteiger charge is 2.34. The summed E-state index contributed by atoms with van der Waals surface area (Å²) in [6.45, 7) is 0.465. The van der Waals surface area contributed by atoms with E-state index in [9.17, 15) is 14.9 Å². The van der Waals surface area contributed by atoms with Gasteiger partial charge < -0.3 is 10.5 Å². The number of amides is 2. The second kappa shape index (κ2) is 9.01. The average molecular weight is 346 g/mol. The summed E-state index contributed by atoms with van der Waals surface area (Å²) >= 11 is 0. The summed E-state index contributed by atoms with van der Waals surface area (Å²) in [6, 6.07) is 10.1. The Labute approximate surface area is 146 Å². The van der Waals surface area contributed by atoms with E-state index in [1.54, 1.807) is 4.90 Å². The van der Waals surface area contributed by atoms with Crippen molar-refractivity contribution < 1.29 is 19.2 Å². The van der Waals surface area contributed by atoms with Gasteiger partial charge in [0.1, 0.15) is 6.61 Å². The van der Waals surface area contributed by atoms with Crippen LogP contribution in [0.2, 0.25) is 0 Å². The number of hydroxylamine groups is 2. The van der Waals surface area contributed by atoms with Crippen LogP contribution < -0.4 is 5.73 Å². The number of ether oxygens (including phenoxy) is 1. The molecule has 2 atom stereocenters. The normalized spacial score (nSPS) is 20.5. The van der Waals surface area contributed by atoms with Crippen LogP contribution in [0.25, 0.3) is 0 Å². The third-order valence-electron chi connectivity index (χ3n) is 4.13. The Balaban J connectivity index is 1.93. The first-order chi connectivity index (χ1) is 12.0. The highest BCUT2D eigenvalue weighted by atomic mass is 16.7. The van der Waals surface area contributed by atoms with E-state index in [0.29, 0.717) is 19.4 Å². The largest absolute Gasteiger partial charge is 0.460 e. The topological polar surface area (TPSA) is 109 Å². The minimum Gasteiger partial charge on any atom is -0.460 e. The van der Waals surface area contributed by atoms with E-state index in [4.69, 9.17) is 15.3 Å². The fourth-order valence-electron chi connectivity index (χ4n) is 2.90. The van der Waals surface area contributed by atoms with Gasteiger partial charge in [-0.2, -0.15) is 10.3 Å². The summed E-state index contributed by atoms with van der Waals surface area (Å²) in [5.41, 5.74) is 6.18. The fraction of sp³-hybridized carbons (Fsp3) is 0.471. The monoisotopic (exact) mass is 346 g/mol. The lowest BCUT2D eigenvalue weighted by Gasteiger charge is -2.39. The molecule has 1 aromatic carbocycles. The number of nitriles is 1. The Bertz CT molecular complexity index is 631. The lowest BCUT2D eigenvalue weighted by molar-refractivity contribution is -0.151. The van der Waals surface area contributed by atoms with Gasteiger partial charge in [-0.1, -0.05) is 30.3 Å². The number of carbonyl (C=O) groups excluding carboxylic acids is 2. The number of hydrogen-bond donors (Lipinski definition) is 1. The van der Waals surface area contributed by atoms with Gasteiger partial charge in [0.05, 0.1) is 31.8 Å². The van der Waals surface area contributed by atoms with E-state index < -0.39 is 18.0 Å². The lowest BCUT2D eigenvalue weighted by atomic mass is 9.99. The van der Waals surface area contributed by atoms with Gasteiger partial charge in [-0.3, -0.25) is 14.5 Å². The molecule has 0 aromatic heterocycles. The maximum Gasteiger partial charge on any atom is 0.339 e. The van der Waals surface area contributed by atoms with Crippen molar-refractivity contribution in [3.05, 3.63) is 35.9 Å². The van der Waals surface area contributed by atoms with Crippen molar-refractivity contribution in [1.82, 2.24) is 9.96 Å². The van der Waals surface area contributed by atoms with E-state index in [0.717, 1.165) is 10.6 Å². The number of hydrogen-bond acceptors (Lipinski definition) is 6. The van der Waals surface area contributed by atoms with Crippen molar-refractivity contribution in [3.63, 3.8) is 0 Å². The van der Waals surface area contributed by atoms with Crippen LogP contribution in [0.3, 0.4) is 0 Å². The van der Waals surface area contributed by atoms with Gasteiger partial charge in [-0.05, 0) is 18.4 Å². The van der Waals surface area contributed by atoms with E-state index in [-0.39, 0.29) is 19.2 Å². The molecular weight excluding hydrogens is 324 g/mol. The van der Waals surface area contributed by atoms with Crippen molar-refractivity contribution in [3.8, 4) is 6.07 Å². The molecule has 0 bridgehead atoms. The second-order valence-electron chi connectivity index (χ2n) is 5.80. The first kappa shape index (κ1) is 18.7. The maximum atomic E-state index is 12.1. The number of rotatable bonds is 6. The molecule has 8 heteroatoms. The fourth-order valence-corrected chi connectivity index (χ4v) is 2.90. The van der Waals surface area contributed by atoms with E-state index >= 15 is 0 Å². The van der Waals surface area contributed by atoms with Crippen LogP contribution in [-0.2, 0) is 21.0 Å². The van der Waals surface area contributed by atoms with Crippen molar-refractivity contribution >= 4 is 12.0 Å². The SMILES string of the molecule is CON(C(N)=O)C1CCC(C#N)N(CC(=O)OCc2ccccc2)C1. The molecule has 2 amide bonds. The third kappa shape index (κ3) is 5.17. The number of esters is 1.